The molecule has 3 aliphatic heterocycles. The predicted molar refractivity (Wildman–Crippen MR) is 148 cm³/mol. The van der Waals surface area contributed by atoms with Crippen LogP contribution in [0.2, 0.25) is 0 Å². The Labute approximate surface area is 232 Å². The molecule has 3 saturated heterocycles. The van der Waals surface area contributed by atoms with Crippen molar-refractivity contribution in [3.8, 4) is 0 Å². The molecule has 1 aromatic carbocycles. The molecule has 9 nitrogen and oxygen atoms in total. The molecule has 1 N–H and O–H groups in total. The largest absolute Gasteiger partial charge is 0.466 e. The number of aliphatic hydroxyl groups is 1. The quantitative estimate of drug-likeness (QED) is 0.240. The van der Waals surface area contributed by atoms with Crippen molar-refractivity contribution >= 4 is 45.1 Å². The summed E-state index contributed by atoms with van der Waals surface area (Å²) in [4.78, 5) is 46.4. The van der Waals surface area contributed by atoms with Crippen molar-refractivity contribution in [3.63, 3.8) is 0 Å². The highest BCUT2D eigenvalue weighted by molar-refractivity contribution is 9.09. The maximum atomic E-state index is 14.5. The van der Waals surface area contributed by atoms with Gasteiger partial charge in [0.2, 0.25) is 5.91 Å². The summed E-state index contributed by atoms with van der Waals surface area (Å²) in [6.45, 7) is 13.2. The van der Waals surface area contributed by atoms with Crippen LogP contribution in [-0.4, -0.2) is 89.3 Å². The SMILES string of the molecule is C=CCN(C(=O)[C@@H]1N([C@H](C)CO)C(=O)[C@H]2[C@H](C(=O)OCC)[C@H]3O[C@@]12CC3Br)c1ccc(N(CC)CC)cc1. The molecule has 2 bridgehead atoms. The number of carbonyl (C=O) groups is 3. The van der Waals surface area contributed by atoms with Gasteiger partial charge in [0.15, 0.2) is 0 Å². The van der Waals surface area contributed by atoms with Crippen molar-refractivity contribution in [2.45, 2.75) is 62.7 Å². The van der Waals surface area contributed by atoms with Gasteiger partial charge in [-0.15, -0.1) is 6.58 Å². The van der Waals surface area contributed by atoms with Gasteiger partial charge in [-0.1, -0.05) is 22.0 Å². The van der Waals surface area contributed by atoms with E-state index in [0.29, 0.717) is 12.1 Å². The van der Waals surface area contributed by atoms with Gasteiger partial charge in [-0.2, -0.15) is 0 Å². The standard InChI is InChI=1S/C28H38BrN3O6/c1-6-14-31(19-12-10-18(11-13-19)30(7-2)8-3)26(35)24-28-15-20(29)23(38-28)21(27(36)37-9-4)22(28)25(34)32(24)17(5)16-33/h6,10-13,17,20-24,33H,1,7-9,14-16H2,2-5H3/t17-,20?,21+,22-,23+,24+,28-/m1/s1. The first-order valence-corrected chi connectivity index (χ1v) is 14.3. The molecule has 10 heteroatoms. The fourth-order valence-corrected chi connectivity index (χ4v) is 7.39. The zero-order valence-electron chi connectivity index (χ0n) is 22.5. The van der Waals surface area contributed by atoms with Crippen LogP contribution in [0.15, 0.2) is 36.9 Å². The fraction of sp³-hybridized carbons (Fsp3) is 0.607. The number of anilines is 2. The van der Waals surface area contributed by atoms with E-state index >= 15 is 0 Å². The second kappa shape index (κ2) is 11.4. The van der Waals surface area contributed by atoms with Gasteiger partial charge < -0.3 is 29.3 Å². The monoisotopic (exact) mass is 591 g/mol. The lowest BCUT2D eigenvalue weighted by molar-refractivity contribution is -0.155. The lowest BCUT2D eigenvalue weighted by Gasteiger charge is -2.38. The second-order valence-electron chi connectivity index (χ2n) is 10.1. The van der Waals surface area contributed by atoms with Crippen molar-refractivity contribution < 1.29 is 29.0 Å². The van der Waals surface area contributed by atoms with Crippen LogP contribution >= 0.6 is 15.9 Å². The number of rotatable bonds is 11. The molecule has 0 radical (unpaired) electrons. The molecule has 7 atom stereocenters. The molecule has 208 valence electrons. The molecular formula is C28H38BrN3O6. The number of amides is 2. The molecule has 38 heavy (non-hydrogen) atoms. The minimum Gasteiger partial charge on any atom is -0.466 e. The van der Waals surface area contributed by atoms with Gasteiger partial charge in [-0.05, 0) is 58.4 Å². The third-order valence-corrected chi connectivity index (χ3v) is 8.97. The average molecular weight is 593 g/mol. The Morgan fingerprint density at radius 1 is 1.26 bits per heavy atom. The van der Waals surface area contributed by atoms with E-state index in [1.807, 2.05) is 24.3 Å². The lowest BCUT2D eigenvalue weighted by Crippen LogP contribution is -2.58. The lowest BCUT2D eigenvalue weighted by atomic mass is 9.70. The maximum absolute atomic E-state index is 14.5. The molecule has 1 aromatic rings. The van der Waals surface area contributed by atoms with E-state index in [4.69, 9.17) is 9.47 Å². The Kier molecular flexibility index (Phi) is 8.54. The van der Waals surface area contributed by atoms with E-state index < -0.39 is 41.6 Å². The highest BCUT2D eigenvalue weighted by Gasteiger charge is 2.77. The number of ether oxygens (including phenoxy) is 2. The van der Waals surface area contributed by atoms with Gasteiger partial charge >= 0.3 is 5.97 Å². The summed E-state index contributed by atoms with van der Waals surface area (Å²) in [7, 11) is 0. The number of alkyl halides is 1. The van der Waals surface area contributed by atoms with Gasteiger partial charge in [0, 0.05) is 35.8 Å². The Morgan fingerprint density at radius 3 is 2.45 bits per heavy atom. The van der Waals surface area contributed by atoms with Crippen LogP contribution in [0.3, 0.4) is 0 Å². The van der Waals surface area contributed by atoms with E-state index in [2.05, 4.69) is 41.3 Å². The van der Waals surface area contributed by atoms with Crippen molar-refractivity contribution in [1.29, 1.82) is 0 Å². The van der Waals surface area contributed by atoms with Crippen molar-refractivity contribution in [1.82, 2.24) is 4.90 Å². The summed E-state index contributed by atoms with van der Waals surface area (Å²) in [5.74, 6) is -2.88. The third kappa shape index (κ3) is 4.44. The van der Waals surface area contributed by atoms with Gasteiger partial charge in [0.05, 0.1) is 37.2 Å². The Morgan fingerprint density at radius 2 is 1.89 bits per heavy atom. The van der Waals surface area contributed by atoms with E-state index in [1.165, 1.54) is 4.90 Å². The number of nitrogens with zero attached hydrogens (tertiary/aromatic N) is 3. The summed E-state index contributed by atoms with van der Waals surface area (Å²) < 4.78 is 11.8. The number of aliphatic hydroxyl groups excluding tert-OH is 1. The number of hydrogen-bond acceptors (Lipinski definition) is 7. The summed E-state index contributed by atoms with van der Waals surface area (Å²) >= 11 is 3.65. The molecule has 0 aromatic heterocycles. The Bertz CT molecular complexity index is 1060. The van der Waals surface area contributed by atoms with Crippen LogP contribution in [0.1, 0.15) is 34.1 Å². The molecule has 0 saturated carbocycles. The number of hydrogen-bond donors (Lipinski definition) is 1. The van der Waals surface area contributed by atoms with Crippen LogP contribution in [0.25, 0.3) is 0 Å². The molecule has 2 amide bonds. The normalized spacial score (nSPS) is 30.2. The van der Waals surface area contributed by atoms with Gasteiger partial charge in [0.25, 0.3) is 5.91 Å². The first-order chi connectivity index (χ1) is 18.2. The van der Waals surface area contributed by atoms with Crippen LogP contribution in [0.5, 0.6) is 0 Å². The van der Waals surface area contributed by atoms with Crippen molar-refractivity contribution in [2.75, 3.05) is 42.6 Å². The number of esters is 1. The van der Waals surface area contributed by atoms with Crippen molar-refractivity contribution in [2.24, 2.45) is 11.8 Å². The second-order valence-corrected chi connectivity index (χ2v) is 11.3. The summed E-state index contributed by atoms with van der Waals surface area (Å²) in [5, 5.41) is 10.1. The van der Waals surface area contributed by atoms with Crippen LogP contribution in [-0.2, 0) is 23.9 Å². The van der Waals surface area contributed by atoms with Gasteiger partial charge in [-0.3, -0.25) is 14.4 Å². The number of fused-ring (bicyclic) bond motifs is 1. The molecule has 0 aliphatic carbocycles. The smallest absolute Gasteiger partial charge is 0.312 e. The fourth-order valence-electron chi connectivity index (χ4n) is 6.45. The first-order valence-electron chi connectivity index (χ1n) is 13.4. The van der Waals surface area contributed by atoms with E-state index in [9.17, 15) is 19.5 Å². The highest BCUT2D eigenvalue weighted by atomic mass is 79.9. The topological polar surface area (TPSA) is 99.6 Å². The first kappa shape index (κ1) is 28.6. The van der Waals surface area contributed by atoms with E-state index in [-0.39, 0.29) is 36.4 Å². The van der Waals surface area contributed by atoms with E-state index in [1.54, 1.807) is 24.8 Å². The number of likely N-dealkylation sites (tertiary alicyclic amines) is 1. The average Bonchev–Trinajstić information content (AvgIpc) is 3.51. The van der Waals surface area contributed by atoms with Gasteiger partial charge in [0.1, 0.15) is 11.6 Å². The summed E-state index contributed by atoms with van der Waals surface area (Å²) in [6.07, 6.45) is 1.45. The maximum Gasteiger partial charge on any atom is 0.312 e. The highest BCUT2D eigenvalue weighted by Crippen LogP contribution is 2.60. The van der Waals surface area contributed by atoms with Crippen LogP contribution in [0.4, 0.5) is 11.4 Å². The molecular weight excluding hydrogens is 554 g/mol. The molecule has 1 spiro atoms. The molecule has 1 unspecified atom stereocenters. The number of carbonyl (C=O) groups excluding carboxylic acids is 3. The Balaban J connectivity index is 1.77. The summed E-state index contributed by atoms with van der Waals surface area (Å²) in [5.41, 5.74) is 0.501. The molecule has 3 heterocycles. The molecule has 3 aliphatic rings. The van der Waals surface area contributed by atoms with Crippen LogP contribution < -0.4 is 9.80 Å². The third-order valence-electron chi connectivity index (χ3n) is 8.13. The van der Waals surface area contributed by atoms with Gasteiger partial charge in [-0.25, -0.2) is 0 Å². The minimum atomic E-state index is -1.21. The zero-order chi connectivity index (χ0) is 27.8. The molecule has 4 rings (SSSR count). The number of halogens is 1. The van der Waals surface area contributed by atoms with Crippen molar-refractivity contribution in [3.05, 3.63) is 36.9 Å². The zero-order valence-corrected chi connectivity index (χ0v) is 24.1. The van der Waals surface area contributed by atoms with E-state index in [0.717, 1.165) is 18.8 Å². The minimum absolute atomic E-state index is 0.179. The predicted octanol–water partition coefficient (Wildman–Crippen LogP) is 2.74. The Hall–Kier alpha value is -2.43. The van der Waals surface area contributed by atoms with Crippen LogP contribution in [0, 0.1) is 11.8 Å². The summed E-state index contributed by atoms with van der Waals surface area (Å²) in [6, 6.07) is 6.07. The molecule has 3 fully saturated rings. The number of benzene rings is 1.